The third-order valence-corrected chi connectivity index (χ3v) is 5.40. The smallest absolute Gasteiger partial charge is 0.295 e. The maximum atomic E-state index is 13.1. The highest BCUT2D eigenvalue weighted by molar-refractivity contribution is 6.46. The van der Waals surface area contributed by atoms with Crippen molar-refractivity contribution < 1.29 is 28.9 Å². The highest BCUT2D eigenvalue weighted by Gasteiger charge is 2.47. The first-order chi connectivity index (χ1) is 15.3. The van der Waals surface area contributed by atoms with Gasteiger partial charge in [-0.1, -0.05) is 24.3 Å². The second kappa shape index (κ2) is 9.74. The SMILES string of the molecule is COc1cccc(/C(O)=C2/C(=O)C(=O)N(CCN(C)C)C2c2cccc(OC)c2OC)c1. The Morgan fingerprint density at radius 3 is 2.38 bits per heavy atom. The Kier molecular flexibility index (Phi) is 7.05. The molecule has 1 aliphatic rings. The molecule has 1 atom stereocenters. The average Bonchev–Trinajstić information content (AvgIpc) is 3.06. The number of carbonyl (C=O) groups excluding carboxylic acids is 2. The van der Waals surface area contributed by atoms with Crippen LogP contribution in [0.3, 0.4) is 0 Å². The maximum Gasteiger partial charge on any atom is 0.295 e. The number of ketones is 1. The van der Waals surface area contributed by atoms with Gasteiger partial charge in [0, 0.05) is 24.2 Å². The summed E-state index contributed by atoms with van der Waals surface area (Å²) < 4.78 is 16.2. The molecule has 0 aromatic heterocycles. The molecule has 2 aromatic rings. The lowest BCUT2D eigenvalue weighted by molar-refractivity contribution is -0.140. The van der Waals surface area contributed by atoms with Crippen LogP contribution in [0.15, 0.2) is 48.0 Å². The van der Waals surface area contributed by atoms with E-state index in [0.717, 1.165) is 0 Å². The van der Waals surface area contributed by atoms with Crippen molar-refractivity contribution in [1.29, 1.82) is 0 Å². The Morgan fingerprint density at radius 2 is 1.75 bits per heavy atom. The first-order valence-electron chi connectivity index (χ1n) is 10.1. The fraction of sp³-hybridized carbons (Fsp3) is 0.333. The number of aliphatic hydroxyl groups excluding tert-OH is 1. The van der Waals surface area contributed by atoms with E-state index in [9.17, 15) is 14.7 Å². The third kappa shape index (κ3) is 4.27. The Balaban J connectivity index is 2.25. The number of para-hydroxylation sites is 1. The van der Waals surface area contributed by atoms with Gasteiger partial charge in [0.25, 0.3) is 11.7 Å². The van der Waals surface area contributed by atoms with Gasteiger partial charge in [0.05, 0.1) is 32.9 Å². The van der Waals surface area contributed by atoms with E-state index in [4.69, 9.17) is 14.2 Å². The van der Waals surface area contributed by atoms with E-state index in [0.29, 0.717) is 34.9 Å². The number of carbonyl (C=O) groups is 2. The van der Waals surface area contributed by atoms with E-state index in [-0.39, 0.29) is 17.9 Å². The number of likely N-dealkylation sites (N-methyl/N-ethyl adjacent to an activating group) is 1. The highest BCUT2D eigenvalue weighted by atomic mass is 16.5. The summed E-state index contributed by atoms with van der Waals surface area (Å²) in [5, 5.41) is 11.2. The molecular weight excluding hydrogens is 412 g/mol. The molecule has 0 spiro atoms. The van der Waals surface area contributed by atoms with Crippen LogP contribution >= 0.6 is 0 Å². The predicted molar refractivity (Wildman–Crippen MR) is 120 cm³/mol. The molecule has 1 amide bonds. The third-order valence-electron chi connectivity index (χ3n) is 5.40. The van der Waals surface area contributed by atoms with Gasteiger partial charge in [0.15, 0.2) is 11.5 Å². The van der Waals surface area contributed by atoms with Gasteiger partial charge in [-0.15, -0.1) is 0 Å². The second-order valence-corrected chi connectivity index (χ2v) is 7.61. The summed E-state index contributed by atoms with van der Waals surface area (Å²) in [6.07, 6.45) is 0. The number of amides is 1. The van der Waals surface area contributed by atoms with Crippen molar-refractivity contribution in [2.75, 3.05) is 48.5 Å². The summed E-state index contributed by atoms with van der Waals surface area (Å²) in [7, 11) is 8.29. The monoisotopic (exact) mass is 440 g/mol. The van der Waals surface area contributed by atoms with E-state index in [1.807, 2.05) is 19.0 Å². The molecule has 32 heavy (non-hydrogen) atoms. The van der Waals surface area contributed by atoms with Gasteiger partial charge in [-0.3, -0.25) is 9.59 Å². The number of hydrogen-bond acceptors (Lipinski definition) is 7. The van der Waals surface area contributed by atoms with Gasteiger partial charge in [-0.25, -0.2) is 0 Å². The topological polar surface area (TPSA) is 88.5 Å². The van der Waals surface area contributed by atoms with Crippen LogP contribution in [0.1, 0.15) is 17.2 Å². The van der Waals surface area contributed by atoms with E-state index in [1.54, 1.807) is 42.5 Å². The van der Waals surface area contributed by atoms with Gasteiger partial charge in [-0.2, -0.15) is 0 Å². The van der Waals surface area contributed by atoms with Crippen LogP contribution in [-0.4, -0.2) is 75.1 Å². The minimum absolute atomic E-state index is 0.00596. The summed E-state index contributed by atoms with van der Waals surface area (Å²) >= 11 is 0. The minimum Gasteiger partial charge on any atom is -0.507 e. The zero-order chi connectivity index (χ0) is 23.4. The molecule has 1 unspecified atom stereocenters. The molecule has 1 heterocycles. The van der Waals surface area contributed by atoms with Crippen LogP contribution in [0, 0.1) is 0 Å². The van der Waals surface area contributed by atoms with Crippen molar-refractivity contribution in [3.63, 3.8) is 0 Å². The standard InChI is InChI=1S/C24H28N2O6/c1-25(2)12-13-26-20(17-10-7-11-18(31-4)23(17)32-5)19(22(28)24(26)29)21(27)15-8-6-9-16(14-15)30-3/h6-11,14,20,27H,12-13H2,1-5H3/b21-19-. The maximum absolute atomic E-state index is 13.1. The molecule has 8 nitrogen and oxygen atoms in total. The van der Waals surface area contributed by atoms with Crippen LogP contribution in [0.25, 0.3) is 5.76 Å². The fourth-order valence-electron chi connectivity index (χ4n) is 3.79. The summed E-state index contributed by atoms with van der Waals surface area (Å²) in [6.45, 7) is 0.826. The molecule has 0 radical (unpaired) electrons. The van der Waals surface area contributed by atoms with E-state index >= 15 is 0 Å². The first-order valence-corrected chi connectivity index (χ1v) is 10.1. The highest BCUT2D eigenvalue weighted by Crippen LogP contribution is 2.45. The molecule has 3 rings (SSSR count). The zero-order valence-corrected chi connectivity index (χ0v) is 18.9. The number of aliphatic hydroxyl groups is 1. The van der Waals surface area contributed by atoms with Crippen LogP contribution in [0.5, 0.6) is 17.2 Å². The lowest BCUT2D eigenvalue weighted by Crippen LogP contribution is -2.35. The molecule has 0 bridgehead atoms. The Bertz CT molecular complexity index is 1050. The predicted octanol–water partition coefficient (Wildman–Crippen LogP) is 2.70. The fourth-order valence-corrected chi connectivity index (χ4v) is 3.79. The van der Waals surface area contributed by atoms with Gasteiger partial charge in [0.2, 0.25) is 0 Å². The first kappa shape index (κ1) is 23.1. The Hall–Kier alpha value is -3.52. The van der Waals surface area contributed by atoms with Gasteiger partial charge < -0.3 is 29.1 Å². The number of methoxy groups -OCH3 is 3. The van der Waals surface area contributed by atoms with Crippen molar-refractivity contribution >= 4 is 17.4 Å². The van der Waals surface area contributed by atoms with Crippen LogP contribution < -0.4 is 14.2 Å². The van der Waals surface area contributed by atoms with Crippen molar-refractivity contribution in [3.05, 3.63) is 59.2 Å². The number of ether oxygens (including phenoxy) is 3. The molecule has 8 heteroatoms. The summed E-state index contributed by atoms with van der Waals surface area (Å²) in [4.78, 5) is 29.6. The number of hydrogen-bond donors (Lipinski definition) is 1. The number of likely N-dealkylation sites (tertiary alicyclic amines) is 1. The van der Waals surface area contributed by atoms with Gasteiger partial charge in [0.1, 0.15) is 11.5 Å². The summed E-state index contributed by atoms with van der Waals surface area (Å²) in [5.74, 6) is -0.320. The Labute approximate surface area is 187 Å². The van der Waals surface area contributed by atoms with E-state index in [2.05, 4.69) is 0 Å². The molecule has 2 aromatic carbocycles. The average molecular weight is 440 g/mol. The van der Waals surface area contributed by atoms with Crippen molar-refractivity contribution in [3.8, 4) is 17.2 Å². The van der Waals surface area contributed by atoms with Crippen molar-refractivity contribution in [2.45, 2.75) is 6.04 Å². The van der Waals surface area contributed by atoms with Crippen LogP contribution in [0.4, 0.5) is 0 Å². The number of nitrogens with zero attached hydrogens (tertiary/aromatic N) is 2. The number of benzene rings is 2. The number of Topliss-reactive ketones (excluding diaryl/α,β-unsaturated/α-hetero) is 1. The quantitative estimate of drug-likeness (QED) is 0.384. The van der Waals surface area contributed by atoms with Gasteiger partial charge >= 0.3 is 0 Å². The Morgan fingerprint density at radius 1 is 1.03 bits per heavy atom. The second-order valence-electron chi connectivity index (χ2n) is 7.61. The van der Waals surface area contributed by atoms with Crippen LogP contribution in [-0.2, 0) is 9.59 Å². The molecular formula is C24H28N2O6. The summed E-state index contributed by atoms with van der Waals surface area (Å²) in [5.41, 5.74) is 0.921. The lowest BCUT2D eigenvalue weighted by atomic mass is 9.94. The lowest BCUT2D eigenvalue weighted by Gasteiger charge is -2.28. The molecule has 1 fully saturated rings. The molecule has 1 aliphatic heterocycles. The molecule has 1 saturated heterocycles. The zero-order valence-electron chi connectivity index (χ0n) is 18.9. The summed E-state index contributed by atoms with van der Waals surface area (Å²) in [6, 6.07) is 11.1. The molecule has 0 aliphatic carbocycles. The van der Waals surface area contributed by atoms with Crippen molar-refractivity contribution in [2.24, 2.45) is 0 Å². The van der Waals surface area contributed by atoms with Crippen molar-refractivity contribution in [1.82, 2.24) is 9.80 Å². The molecule has 170 valence electrons. The minimum atomic E-state index is -0.841. The number of rotatable bonds is 8. The van der Waals surface area contributed by atoms with Crippen LogP contribution in [0.2, 0.25) is 0 Å². The molecule has 1 N–H and O–H groups in total. The van der Waals surface area contributed by atoms with E-state index in [1.165, 1.54) is 26.2 Å². The normalized spacial score (nSPS) is 17.7. The van der Waals surface area contributed by atoms with E-state index < -0.39 is 17.7 Å². The molecule has 0 saturated carbocycles. The largest absolute Gasteiger partial charge is 0.507 e. The van der Waals surface area contributed by atoms with Gasteiger partial charge in [-0.05, 0) is 32.3 Å².